The zero-order valence-electron chi connectivity index (χ0n) is 15.3. The number of rotatable bonds is 3. The summed E-state index contributed by atoms with van der Waals surface area (Å²) in [7, 11) is 0. The quantitative estimate of drug-likeness (QED) is 0.441. The molecule has 0 aromatic carbocycles. The molecule has 6 nitrogen and oxygen atoms in total. The van der Waals surface area contributed by atoms with E-state index in [4.69, 9.17) is 18.9 Å². The van der Waals surface area contributed by atoms with E-state index in [1.165, 1.54) is 19.4 Å². The highest BCUT2D eigenvalue weighted by Gasteiger charge is 2.83. The zero-order chi connectivity index (χ0) is 18.0. The number of fused-ring (bicyclic) bond motifs is 2. The highest BCUT2D eigenvalue weighted by Crippen LogP contribution is 2.72. The Labute approximate surface area is 147 Å². The summed E-state index contributed by atoms with van der Waals surface area (Å²) < 4.78 is 23.7. The standard InChI is InChI=1S/C19H26O6/c1-11-5-6-18(9-22-12(2)20)15(7-11)25-16-8-14(24-13(3)21)17(18,4)19(16)10-23-19/h7,14-16H,5-6,8-10H2,1-4H3/t14-,15-,16-,17?,18-,19?/m1/s1. The maximum atomic E-state index is 11.7. The summed E-state index contributed by atoms with van der Waals surface area (Å²) in [5.41, 5.74) is -0.0699. The van der Waals surface area contributed by atoms with Crippen molar-refractivity contribution in [3.8, 4) is 0 Å². The van der Waals surface area contributed by atoms with E-state index in [0.29, 0.717) is 13.0 Å². The minimum absolute atomic E-state index is 0.0977. The molecule has 0 aromatic heterocycles. The Morgan fingerprint density at radius 1 is 1.32 bits per heavy atom. The lowest BCUT2D eigenvalue weighted by Crippen LogP contribution is -2.66. The summed E-state index contributed by atoms with van der Waals surface area (Å²) in [5.74, 6) is -0.603. The van der Waals surface area contributed by atoms with E-state index in [1.807, 2.05) is 0 Å². The lowest BCUT2D eigenvalue weighted by molar-refractivity contribution is -0.233. The van der Waals surface area contributed by atoms with Crippen molar-refractivity contribution in [2.24, 2.45) is 10.8 Å². The second-order valence-corrected chi connectivity index (χ2v) is 8.21. The van der Waals surface area contributed by atoms with Gasteiger partial charge in [0.25, 0.3) is 0 Å². The van der Waals surface area contributed by atoms with Crippen LogP contribution in [-0.4, -0.2) is 49.1 Å². The number of hydrogen-bond donors (Lipinski definition) is 0. The highest BCUT2D eigenvalue weighted by molar-refractivity contribution is 5.67. The Hall–Kier alpha value is -1.40. The van der Waals surface area contributed by atoms with Crippen molar-refractivity contribution in [3.05, 3.63) is 11.6 Å². The first kappa shape index (κ1) is 17.0. The van der Waals surface area contributed by atoms with Crippen molar-refractivity contribution in [1.29, 1.82) is 0 Å². The van der Waals surface area contributed by atoms with Crippen LogP contribution in [0.4, 0.5) is 0 Å². The molecule has 0 aromatic rings. The van der Waals surface area contributed by atoms with E-state index in [1.54, 1.807) is 0 Å². The largest absolute Gasteiger partial charge is 0.465 e. The van der Waals surface area contributed by atoms with Gasteiger partial charge in [-0.1, -0.05) is 18.6 Å². The minimum atomic E-state index is -0.457. The molecular weight excluding hydrogens is 324 g/mol. The van der Waals surface area contributed by atoms with Crippen LogP contribution >= 0.6 is 0 Å². The first-order valence-corrected chi connectivity index (χ1v) is 9.02. The maximum absolute atomic E-state index is 11.7. The second-order valence-electron chi connectivity index (χ2n) is 8.21. The number of carbonyl (C=O) groups excluding carboxylic acids is 2. The Kier molecular flexibility index (Phi) is 3.61. The second kappa shape index (κ2) is 5.30. The van der Waals surface area contributed by atoms with Crippen LogP contribution in [0.2, 0.25) is 0 Å². The number of hydrogen-bond acceptors (Lipinski definition) is 6. The predicted molar refractivity (Wildman–Crippen MR) is 87.7 cm³/mol. The molecule has 4 rings (SSSR count). The van der Waals surface area contributed by atoms with Crippen molar-refractivity contribution in [3.63, 3.8) is 0 Å². The molecule has 1 spiro atoms. The van der Waals surface area contributed by atoms with Crippen LogP contribution in [0.1, 0.15) is 47.0 Å². The maximum Gasteiger partial charge on any atom is 0.302 e. The lowest BCUT2D eigenvalue weighted by atomic mass is 9.51. The number of esters is 2. The van der Waals surface area contributed by atoms with Crippen LogP contribution in [0.3, 0.4) is 0 Å². The molecule has 2 unspecified atom stereocenters. The summed E-state index contributed by atoms with van der Waals surface area (Å²) in [6, 6.07) is 0. The summed E-state index contributed by atoms with van der Waals surface area (Å²) >= 11 is 0. The van der Waals surface area contributed by atoms with Crippen LogP contribution in [0.15, 0.2) is 11.6 Å². The summed E-state index contributed by atoms with van der Waals surface area (Å²) in [6.45, 7) is 7.96. The van der Waals surface area contributed by atoms with E-state index in [2.05, 4.69) is 19.9 Å². The van der Waals surface area contributed by atoms with Gasteiger partial charge in [0.05, 0.1) is 24.2 Å². The first-order valence-electron chi connectivity index (χ1n) is 9.02. The average molecular weight is 350 g/mol. The summed E-state index contributed by atoms with van der Waals surface area (Å²) in [4.78, 5) is 23.3. The van der Waals surface area contributed by atoms with E-state index in [9.17, 15) is 9.59 Å². The van der Waals surface area contributed by atoms with Crippen molar-refractivity contribution in [2.45, 2.75) is 70.9 Å². The molecular formula is C19H26O6. The molecule has 2 heterocycles. The third-order valence-electron chi connectivity index (χ3n) is 7.06. The van der Waals surface area contributed by atoms with Crippen LogP contribution < -0.4 is 0 Å². The van der Waals surface area contributed by atoms with Crippen LogP contribution in [0.5, 0.6) is 0 Å². The van der Waals surface area contributed by atoms with Gasteiger partial charge in [-0.3, -0.25) is 9.59 Å². The van der Waals surface area contributed by atoms with Gasteiger partial charge < -0.3 is 18.9 Å². The van der Waals surface area contributed by atoms with Crippen LogP contribution in [-0.2, 0) is 28.5 Å². The van der Waals surface area contributed by atoms with Gasteiger partial charge in [-0.2, -0.15) is 0 Å². The Balaban J connectivity index is 1.82. The molecule has 25 heavy (non-hydrogen) atoms. The van der Waals surface area contributed by atoms with Gasteiger partial charge in [-0.25, -0.2) is 0 Å². The SMILES string of the molecule is CC(=O)OC[C@]12CCC(C)=C[C@H]1O[C@@H]1C[C@@H](OC(C)=O)C2(C)C12CO2. The average Bonchev–Trinajstić information content (AvgIpc) is 3.29. The first-order chi connectivity index (χ1) is 11.7. The fourth-order valence-corrected chi connectivity index (χ4v) is 5.56. The number of epoxide rings is 1. The van der Waals surface area contributed by atoms with E-state index in [-0.39, 0.29) is 36.9 Å². The van der Waals surface area contributed by atoms with Crippen LogP contribution in [0, 0.1) is 10.8 Å². The van der Waals surface area contributed by atoms with E-state index >= 15 is 0 Å². The van der Waals surface area contributed by atoms with Gasteiger partial charge in [0.2, 0.25) is 0 Å². The topological polar surface area (TPSA) is 74.4 Å². The van der Waals surface area contributed by atoms with Crippen molar-refractivity contribution in [2.75, 3.05) is 13.2 Å². The van der Waals surface area contributed by atoms with E-state index < -0.39 is 16.4 Å². The van der Waals surface area contributed by atoms with Gasteiger partial charge in [0.1, 0.15) is 18.3 Å². The van der Waals surface area contributed by atoms with Crippen molar-refractivity contribution >= 4 is 11.9 Å². The molecule has 6 heteroatoms. The highest BCUT2D eigenvalue weighted by atomic mass is 16.6. The van der Waals surface area contributed by atoms with Gasteiger partial charge >= 0.3 is 11.9 Å². The Bertz CT molecular complexity index is 650. The zero-order valence-corrected chi connectivity index (χ0v) is 15.3. The molecule has 0 N–H and O–H groups in total. The molecule has 2 saturated heterocycles. The molecule has 6 atom stereocenters. The molecule has 0 radical (unpaired) electrons. The lowest BCUT2D eigenvalue weighted by Gasteiger charge is -2.58. The van der Waals surface area contributed by atoms with Crippen molar-refractivity contribution in [1.82, 2.24) is 0 Å². The van der Waals surface area contributed by atoms with Gasteiger partial charge in [0, 0.05) is 25.7 Å². The molecule has 2 aliphatic heterocycles. The Morgan fingerprint density at radius 3 is 2.64 bits per heavy atom. The van der Waals surface area contributed by atoms with E-state index in [0.717, 1.165) is 12.8 Å². The molecule has 2 bridgehead atoms. The third kappa shape index (κ3) is 2.10. The Morgan fingerprint density at radius 2 is 2.04 bits per heavy atom. The normalized spacial score (nSPS) is 47.0. The summed E-state index contributed by atoms with van der Waals surface area (Å²) in [6.07, 6.45) is 3.95. The molecule has 3 fully saturated rings. The predicted octanol–water partition coefficient (Wildman–Crippen LogP) is 2.15. The van der Waals surface area contributed by atoms with Crippen LogP contribution in [0.25, 0.3) is 0 Å². The van der Waals surface area contributed by atoms with Gasteiger partial charge in [-0.05, 0) is 19.8 Å². The van der Waals surface area contributed by atoms with Gasteiger partial charge in [-0.15, -0.1) is 0 Å². The molecule has 0 amide bonds. The molecule has 1 saturated carbocycles. The number of carbonyl (C=O) groups is 2. The summed E-state index contributed by atoms with van der Waals surface area (Å²) in [5, 5.41) is 0. The fourth-order valence-electron chi connectivity index (χ4n) is 5.56. The molecule has 2 aliphatic carbocycles. The monoisotopic (exact) mass is 350 g/mol. The molecule has 4 aliphatic rings. The van der Waals surface area contributed by atoms with Gasteiger partial charge in [0.15, 0.2) is 0 Å². The number of allylic oxidation sites excluding steroid dienone is 1. The fraction of sp³-hybridized carbons (Fsp3) is 0.789. The smallest absolute Gasteiger partial charge is 0.302 e. The number of ether oxygens (including phenoxy) is 4. The minimum Gasteiger partial charge on any atom is -0.465 e. The van der Waals surface area contributed by atoms with Crippen molar-refractivity contribution < 1.29 is 28.5 Å². The third-order valence-corrected chi connectivity index (χ3v) is 7.06. The molecule has 138 valence electrons.